The van der Waals surface area contributed by atoms with Crippen molar-refractivity contribution in [2.75, 3.05) is 13.7 Å². The fraction of sp³-hybridized carbons (Fsp3) is 0.914. The van der Waals surface area contributed by atoms with Crippen LogP contribution in [0.3, 0.4) is 0 Å². The van der Waals surface area contributed by atoms with Gasteiger partial charge in [-0.1, -0.05) is 167 Å². The molecule has 0 fully saturated rings. The molecule has 0 heterocycles. The summed E-state index contributed by atoms with van der Waals surface area (Å²) in [4.78, 5) is 31.1. The average Bonchev–Trinajstić information content (AvgIpc) is 2.97. The minimum absolute atomic E-state index is 0. The maximum Gasteiger partial charge on any atom is 0.469 e. The lowest BCUT2D eigenvalue weighted by atomic mass is 10.0. The average molecular weight is 649 g/mol. The molecule has 0 aliphatic rings. The third-order valence-electron chi connectivity index (χ3n) is 8.24. The summed E-state index contributed by atoms with van der Waals surface area (Å²) in [5, 5.41) is 2.90. The first-order valence-electron chi connectivity index (χ1n) is 18.0. The SMILES string of the molecule is CCCCCCCCCCCCC/C=C/[C@@H](OC)[C@H](COP(=O)(O)O)NC(=O)CCCCCCCCCCCCCCC.N. The van der Waals surface area contributed by atoms with Crippen molar-refractivity contribution in [1.82, 2.24) is 11.5 Å². The van der Waals surface area contributed by atoms with E-state index in [0.717, 1.165) is 32.1 Å². The molecule has 8 nitrogen and oxygen atoms in total. The van der Waals surface area contributed by atoms with E-state index in [0.29, 0.717) is 6.42 Å². The first-order valence-corrected chi connectivity index (χ1v) is 19.6. The van der Waals surface area contributed by atoms with Crippen LogP contribution in [0.15, 0.2) is 12.2 Å². The Labute approximate surface area is 272 Å². The molecule has 0 rings (SSSR count). The predicted molar refractivity (Wildman–Crippen MR) is 186 cm³/mol. The van der Waals surface area contributed by atoms with E-state index in [9.17, 15) is 19.1 Å². The zero-order chi connectivity index (χ0) is 31.9. The number of amides is 1. The summed E-state index contributed by atoms with van der Waals surface area (Å²) in [6.07, 6.45) is 35.2. The van der Waals surface area contributed by atoms with Crippen molar-refractivity contribution in [1.29, 1.82) is 0 Å². The van der Waals surface area contributed by atoms with Gasteiger partial charge in [-0.15, -0.1) is 0 Å². The number of phosphoric acid groups is 1. The van der Waals surface area contributed by atoms with Gasteiger partial charge in [0.15, 0.2) is 0 Å². The number of unbranched alkanes of at least 4 members (excludes halogenated alkanes) is 23. The Morgan fingerprint density at radius 1 is 0.682 bits per heavy atom. The summed E-state index contributed by atoms with van der Waals surface area (Å²) < 4.78 is 21.7. The zero-order valence-corrected chi connectivity index (χ0v) is 30.0. The Bertz CT molecular complexity index is 688. The highest BCUT2D eigenvalue weighted by Gasteiger charge is 2.25. The largest absolute Gasteiger partial charge is 0.469 e. The maximum atomic E-state index is 12.6. The number of phosphoric ester groups is 1. The van der Waals surface area contributed by atoms with Crippen LogP contribution in [0, 0.1) is 0 Å². The molecule has 44 heavy (non-hydrogen) atoms. The number of carbonyl (C=O) groups is 1. The lowest BCUT2D eigenvalue weighted by Gasteiger charge is -2.25. The van der Waals surface area contributed by atoms with Gasteiger partial charge in [-0.2, -0.15) is 0 Å². The lowest BCUT2D eigenvalue weighted by Crippen LogP contribution is -2.46. The molecule has 0 unspecified atom stereocenters. The molecule has 0 bridgehead atoms. The minimum atomic E-state index is -4.66. The first kappa shape index (κ1) is 45.4. The fourth-order valence-corrected chi connectivity index (χ4v) is 5.87. The number of carbonyl (C=O) groups excluding carboxylic acids is 1. The molecule has 264 valence electrons. The van der Waals surface area contributed by atoms with Crippen molar-refractivity contribution < 1.29 is 28.4 Å². The van der Waals surface area contributed by atoms with Gasteiger partial charge in [0.1, 0.15) is 0 Å². The van der Waals surface area contributed by atoms with Crippen LogP contribution in [-0.4, -0.2) is 41.6 Å². The second-order valence-electron chi connectivity index (χ2n) is 12.4. The van der Waals surface area contributed by atoms with Gasteiger partial charge < -0.3 is 26.0 Å². The van der Waals surface area contributed by atoms with Gasteiger partial charge in [-0.05, 0) is 19.3 Å². The van der Waals surface area contributed by atoms with Crippen molar-refractivity contribution in [3.63, 3.8) is 0 Å². The van der Waals surface area contributed by atoms with Crippen LogP contribution < -0.4 is 11.5 Å². The van der Waals surface area contributed by atoms with Crippen LogP contribution in [0.5, 0.6) is 0 Å². The Kier molecular flexibility index (Phi) is 34.6. The monoisotopic (exact) mass is 649 g/mol. The highest BCUT2D eigenvalue weighted by molar-refractivity contribution is 7.46. The van der Waals surface area contributed by atoms with E-state index in [1.807, 2.05) is 12.2 Å². The smallest absolute Gasteiger partial charge is 0.375 e. The van der Waals surface area contributed by atoms with Gasteiger partial charge in [0.25, 0.3) is 0 Å². The molecule has 0 aromatic carbocycles. The number of hydrogen-bond acceptors (Lipinski definition) is 5. The second-order valence-corrected chi connectivity index (χ2v) is 13.6. The molecular formula is C35H73N2O6P. The molecule has 0 radical (unpaired) electrons. The molecule has 2 atom stereocenters. The van der Waals surface area contributed by atoms with Crippen molar-refractivity contribution in [3.8, 4) is 0 Å². The first-order chi connectivity index (χ1) is 20.8. The van der Waals surface area contributed by atoms with Gasteiger partial charge in [0.05, 0.1) is 18.8 Å². The number of hydrogen-bond donors (Lipinski definition) is 4. The van der Waals surface area contributed by atoms with Gasteiger partial charge in [-0.25, -0.2) is 4.57 Å². The Hall–Kier alpha value is -0.760. The summed E-state index contributed by atoms with van der Waals surface area (Å²) >= 11 is 0. The van der Waals surface area contributed by atoms with Crippen LogP contribution in [0.1, 0.15) is 181 Å². The molecule has 0 saturated heterocycles. The number of methoxy groups -OCH3 is 1. The third-order valence-corrected chi connectivity index (χ3v) is 8.73. The minimum Gasteiger partial charge on any atom is -0.375 e. The summed E-state index contributed by atoms with van der Waals surface area (Å²) in [6, 6.07) is -0.666. The predicted octanol–water partition coefficient (Wildman–Crippen LogP) is 10.5. The van der Waals surface area contributed by atoms with Crippen LogP contribution in [0.2, 0.25) is 0 Å². The van der Waals surface area contributed by atoms with E-state index in [2.05, 4.69) is 19.2 Å². The van der Waals surface area contributed by atoms with Gasteiger partial charge in [-0.3, -0.25) is 9.32 Å². The maximum absolute atomic E-state index is 12.6. The lowest BCUT2D eigenvalue weighted by molar-refractivity contribution is -0.123. The molecule has 6 N–H and O–H groups in total. The molecule has 0 aromatic heterocycles. The highest BCUT2D eigenvalue weighted by Crippen LogP contribution is 2.36. The van der Waals surface area contributed by atoms with Crippen LogP contribution in [0.4, 0.5) is 0 Å². The Morgan fingerprint density at radius 3 is 1.45 bits per heavy atom. The molecular weight excluding hydrogens is 575 g/mol. The number of rotatable bonds is 33. The normalized spacial score (nSPS) is 13.2. The van der Waals surface area contributed by atoms with E-state index >= 15 is 0 Å². The van der Waals surface area contributed by atoms with Gasteiger partial charge >= 0.3 is 7.82 Å². The van der Waals surface area contributed by atoms with Crippen molar-refractivity contribution in [3.05, 3.63) is 12.2 Å². The highest BCUT2D eigenvalue weighted by atomic mass is 31.2. The molecule has 9 heteroatoms. The van der Waals surface area contributed by atoms with Crippen molar-refractivity contribution >= 4 is 13.7 Å². The van der Waals surface area contributed by atoms with Crippen molar-refractivity contribution in [2.45, 2.75) is 193 Å². The molecule has 0 saturated carbocycles. The van der Waals surface area contributed by atoms with E-state index < -0.39 is 20.0 Å². The zero-order valence-electron chi connectivity index (χ0n) is 29.1. The van der Waals surface area contributed by atoms with Crippen LogP contribution in [0.25, 0.3) is 0 Å². The number of allylic oxidation sites excluding steroid dienone is 1. The molecule has 0 aromatic rings. The topological polar surface area (TPSA) is 140 Å². The van der Waals surface area contributed by atoms with Crippen LogP contribution in [-0.2, 0) is 18.6 Å². The molecule has 0 aliphatic carbocycles. The standard InChI is InChI=1S/C35H70NO6P.H3N/c1-4-6-8-10-12-14-16-18-20-22-24-26-28-30-34(41-3)33(32-42-43(38,39)40)36-35(37)31-29-27-25-23-21-19-17-15-13-11-9-7-5-2;/h28,30,33-34H,4-27,29,31-32H2,1-3H3,(H,36,37)(H2,38,39,40);1H3/b30-28+;/t33-,34+;/m0./s1. The van der Waals surface area contributed by atoms with E-state index in [-0.39, 0.29) is 18.7 Å². The Morgan fingerprint density at radius 2 is 1.07 bits per heavy atom. The molecule has 0 spiro atoms. The second kappa shape index (κ2) is 33.6. The summed E-state index contributed by atoms with van der Waals surface area (Å²) in [5.74, 6) is -0.136. The van der Waals surface area contributed by atoms with Crippen LogP contribution >= 0.6 is 7.82 Å². The third kappa shape index (κ3) is 32.6. The van der Waals surface area contributed by atoms with Gasteiger partial charge in [0.2, 0.25) is 5.91 Å². The van der Waals surface area contributed by atoms with Crippen molar-refractivity contribution in [2.24, 2.45) is 0 Å². The summed E-state index contributed by atoms with van der Waals surface area (Å²) in [7, 11) is -3.11. The number of ether oxygens (including phenoxy) is 1. The fourth-order valence-electron chi connectivity index (χ4n) is 5.51. The molecule has 1 amide bonds. The Balaban J connectivity index is 0. The molecule has 0 aliphatic heterocycles. The van der Waals surface area contributed by atoms with Gasteiger partial charge in [0, 0.05) is 13.5 Å². The van der Waals surface area contributed by atoms with E-state index in [1.54, 1.807) is 7.11 Å². The number of nitrogens with one attached hydrogen (secondary N) is 1. The summed E-state index contributed by atoms with van der Waals surface area (Å²) in [6.45, 7) is 4.20. The summed E-state index contributed by atoms with van der Waals surface area (Å²) in [5.41, 5.74) is 0. The van der Waals surface area contributed by atoms with E-state index in [1.165, 1.54) is 128 Å². The quantitative estimate of drug-likeness (QED) is 0.0315. The van der Waals surface area contributed by atoms with E-state index in [4.69, 9.17) is 9.26 Å².